The molecule has 110 valence electrons. The number of amides is 1. The highest BCUT2D eigenvalue weighted by Crippen LogP contribution is 2.20. The van der Waals surface area contributed by atoms with E-state index in [0.29, 0.717) is 24.5 Å². The van der Waals surface area contributed by atoms with Crippen LogP contribution >= 0.6 is 11.6 Å². The van der Waals surface area contributed by atoms with Gasteiger partial charge in [0, 0.05) is 12.1 Å². The Balaban J connectivity index is 2.26. The predicted octanol–water partition coefficient (Wildman–Crippen LogP) is 1.66. The van der Waals surface area contributed by atoms with Gasteiger partial charge in [-0.25, -0.2) is 10.8 Å². The second-order valence-corrected chi connectivity index (χ2v) is 5.26. The van der Waals surface area contributed by atoms with Gasteiger partial charge >= 0.3 is 0 Å². The molecule has 0 aromatic carbocycles. The number of morpholine rings is 1. The van der Waals surface area contributed by atoms with Crippen LogP contribution < -0.4 is 11.3 Å². The van der Waals surface area contributed by atoms with E-state index in [1.54, 1.807) is 12.1 Å². The van der Waals surface area contributed by atoms with Crippen molar-refractivity contribution in [2.24, 2.45) is 5.84 Å². The number of hydrogen-bond donors (Lipinski definition) is 2. The minimum Gasteiger partial charge on any atom is -0.375 e. The summed E-state index contributed by atoms with van der Waals surface area (Å²) in [5, 5.41) is 0.234. The maximum Gasteiger partial charge on any atom is 0.254 e. The van der Waals surface area contributed by atoms with Crippen LogP contribution in [0.3, 0.4) is 0 Å². The molecule has 0 aliphatic carbocycles. The van der Waals surface area contributed by atoms with Crippen LogP contribution in [0.5, 0.6) is 0 Å². The van der Waals surface area contributed by atoms with Gasteiger partial charge in [0.2, 0.25) is 0 Å². The lowest BCUT2D eigenvalue weighted by atomic mass is 10.1. The molecule has 2 atom stereocenters. The monoisotopic (exact) mass is 298 g/mol. The number of nitrogens with one attached hydrogen (secondary N) is 1. The van der Waals surface area contributed by atoms with E-state index in [0.717, 1.165) is 6.42 Å². The van der Waals surface area contributed by atoms with E-state index in [1.807, 2.05) is 18.7 Å². The van der Waals surface area contributed by atoms with Crippen LogP contribution in [0.15, 0.2) is 12.1 Å². The molecule has 1 saturated heterocycles. The van der Waals surface area contributed by atoms with Gasteiger partial charge in [-0.3, -0.25) is 4.79 Å². The van der Waals surface area contributed by atoms with Crippen LogP contribution in [0, 0.1) is 0 Å². The molecule has 6 nitrogen and oxygen atoms in total. The highest BCUT2D eigenvalue weighted by atomic mass is 35.5. The summed E-state index contributed by atoms with van der Waals surface area (Å²) in [5.41, 5.74) is 2.89. The first-order chi connectivity index (χ1) is 9.55. The molecule has 1 fully saturated rings. The van der Waals surface area contributed by atoms with Crippen molar-refractivity contribution in [3.05, 3.63) is 22.8 Å². The van der Waals surface area contributed by atoms with Crippen molar-refractivity contribution >= 4 is 23.3 Å². The summed E-state index contributed by atoms with van der Waals surface area (Å²) in [5.74, 6) is 5.62. The minimum atomic E-state index is -0.0761. The zero-order chi connectivity index (χ0) is 14.7. The van der Waals surface area contributed by atoms with E-state index in [2.05, 4.69) is 10.4 Å². The largest absolute Gasteiger partial charge is 0.375 e. The van der Waals surface area contributed by atoms with E-state index in [1.165, 1.54) is 0 Å². The van der Waals surface area contributed by atoms with Crippen LogP contribution in [0.25, 0.3) is 0 Å². The maximum absolute atomic E-state index is 12.7. The van der Waals surface area contributed by atoms with Crippen molar-refractivity contribution in [2.45, 2.75) is 32.4 Å². The fourth-order valence-corrected chi connectivity index (χ4v) is 2.50. The second kappa shape index (κ2) is 6.39. The molecule has 2 rings (SSSR count). The first-order valence-corrected chi connectivity index (χ1v) is 6.99. The zero-order valence-electron chi connectivity index (χ0n) is 11.6. The van der Waals surface area contributed by atoms with Crippen molar-refractivity contribution in [3.8, 4) is 0 Å². The van der Waals surface area contributed by atoms with E-state index >= 15 is 0 Å². The third kappa shape index (κ3) is 3.20. The zero-order valence-corrected chi connectivity index (χ0v) is 12.4. The van der Waals surface area contributed by atoms with Gasteiger partial charge in [-0.1, -0.05) is 18.5 Å². The van der Waals surface area contributed by atoms with Crippen LogP contribution in [0.1, 0.15) is 30.6 Å². The number of carbonyl (C=O) groups is 1. The van der Waals surface area contributed by atoms with Gasteiger partial charge in [-0.15, -0.1) is 0 Å². The topological polar surface area (TPSA) is 80.5 Å². The number of pyridine rings is 1. The Morgan fingerprint density at radius 1 is 1.65 bits per heavy atom. The number of anilines is 1. The molecule has 0 spiro atoms. The Morgan fingerprint density at radius 2 is 2.40 bits per heavy atom. The summed E-state index contributed by atoms with van der Waals surface area (Å²) in [4.78, 5) is 18.5. The summed E-state index contributed by atoms with van der Waals surface area (Å²) < 4.78 is 5.60. The van der Waals surface area contributed by atoms with Crippen molar-refractivity contribution in [1.29, 1.82) is 0 Å². The van der Waals surface area contributed by atoms with Crippen LogP contribution in [-0.4, -0.2) is 41.1 Å². The van der Waals surface area contributed by atoms with Crippen LogP contribution in [0.2, 0.25) is 5.15 Å². The van der Waals surface area contributed by atoms with E-state index < -0.39 is 0 Å². The summed E-state index contributed by atoms with van der Waals surface area (Å²) in [6.07, 6.45) is 0.880. The summed E-state index contributed by atoms with van der Waals surface area (Å²) in [6, 6.07) is 3.23. The maximum atomic E-state index is 12.7. The second-order valence-electron chi connectivity index (χ2n) is 4.87. The number of hydrogen-bond acceptors (Lipinski definition) is 5. The third-order valence-corrected chi connectivity index (χ3v) is 3.58. The lowest BCUT2D eigenvalue weighted by Crippen LogP contribution is -2.51. The molecule has 1 aliphatic heterocycles. The third-order valence-electron chi connectivity index (χ3n) is 3.39. The smallest absolute Gasteiger partial charge is 0.254 e. The van der Waals surface area contributed by atoms with Gasteiger partial charge in [-0.2, -0.15) is 0 Å². The van der Waals surface area contributed by atoms with E-state index in [-0.39, 0.29) is 23.2 Å². The average Bonchev–Trinajstić information content (AvgIpc) is 2.45. The summed E-state index contributed by atoms with van der Waals surface area (Å²) >= 11 is 5.91. The molecule has 20 heavy (non-hydrogen) atoms. The summed E-state index contributed by atoms with van der Waals surface area (Å²) in [6.45, 7) is 5.13. The van der Waals surface area contributed by atoms with Gasteiger partial charge in [0.1, 0.15) is 11.0 Å². The number of aromatic nitrogens is 1. The quantitative estimate of drug-likeness (QED) is 0.504. The Kier molecular flexibility index (Phi) is 4.80. The molecule has 2 unspecified atom stereocenters. The summed E-state index contributed by atoms with van der Waals surface area (Å²) in [7, 11) is 0. The minimum absolute atomic E-state index is 0.0335. The molecule has 0 radical (unpaired) electrons. The Morgan fingerprint density at radius 3 is 3.05 bits per heavy atom. The van der Waals surface area contributed by atoms with Crippen molar-refractivity contribution in [3.63, 3.8) is 0 Å². The molecule has 1 aliphatic rings. The lowest BCUT2D eigenvalue weighted by molar-refractivity contribution is -0.0444. The van der Waals surface area contributed by atoms with Crippen molar-refractivity contribution in [2.75, 3.05) is 18.6 Å². The van der Waals surface area contributed by atoms with E-state index in [4.69, 9.17) is 22.2 Å². The van der Waals surface area contributed by atoms with Crippen molar-refractivity contribution < 1.29 is 9.53 Å². The van der Waals surface area contributed by atoms with Crippen molar-refractivity contribution in [1.82, 2.24) is 9.88 Å². The standard InChI is InChI=1S/C13H19ClN4O2/c1-3-10-7-20-8(2)6-18(10)13(19)9-4-11(14)16-12(5-9)17-15/h4-5,8,10H,3,6-7,15H2,1-2H3,(H,16,17). The van der Waals surface area contributed by atoms with Gasteiger partial charge < -0.3 is 15.1 Å². The number of nitrogen functional groups attached to an aromatic ring is 1. The van der Waals surface area contributed by atoms with Gasteiger partial charge in [0.05, 0.1) is 18.8 Å². The Bertz CT molecular complexity index is 497. The predicted molar refractivity (Wildman–Crippen MR) is 77.6 cm³/mol. The number of halogens is 1. The molecule has 1 aromatic rings. The van der Waals surface area contributed by atoms with E-state index in [9.17, 15) is 4.79 Å². The molecule has 2 heterocycles. The first kappa shape index (κ1) is 15.0. The number of ether oxygens (including phenoxy) is 1. The number of carbonyl (C=O) groups excluding carboxylic acids is 1. The van der Waals surface area contributed by atoms with Gasteiger partial charge in [0.25, 0.3) is 5.91 Å². The van der Waals surface area contributed by atoms with Crippen LogP contribution in [-0.2, 0) is 4.74 Å². The number of hydrazine groups is 1. The molecule has 1 aromatic heterocycles. The number of nitrogens with zero attached hydrogens (tertiary/aromatic N) is 2. The normalized spacial score (nSPS) is 22.7. The molecular weight excluding hydrogens is 280 g/mol. The lowest BCUT2D eigenvalue weighted by Gasteiger charge is -2.38. The molecular formula is C13H19ClN4O2. The van der Waals surface area contributed by atoms with Gasteiger partial charge in [0.15, 0.2) is 0 Å². The number of rotatable bonds is 3. The van der Waals surface area contributed by atoms with Gasteiger partial charge in [-0.05, 0) is 25.5 Å². The fourth-order valence-electron chi connectivity index (χ4n) is 2.29. The Labute approximate surface area is 123 Å². The molecule has 3 N–H and O–H groups in total. The number of nitrogens with two attached hydrogens (primary N) is 1. The Hall–Kier alpha value is -1.37. The highest BCUT2D eigenvalue weighted by Gasteiger charge is 2.30. The van der Waals surface area contributed by atoms with Crippen LogP contribution in [0.4, 0.5) is 5.82 Å². The molecule has 0 bridgehead atoms. The molecule has 7 heteroatoms. The molecule has 1 amide bonds. The highest BCUT2D eigenvalue weighted by molar-refractivity contribution is 6.29. The SMILES string of the molecule is CCC1COC(C)CN1C(=O)c1cc(Cl)nc(NN)c1. The fraction of sp³-hybridized carbons (Fsp3) is 0.538. The molecule has 0 saturated carbocycles. The average molecular weight is 299 g/mol. The first-order valence-electron chi connectivity index (χ1n) is 6.62.